The first kappa shape index (κ1) is 24.6. The average molecular weight is 423 g/mol. The monoisotopic (exact) mass is 423 g/mol. The number of carbonyl (C=O) groups is 3. The Morgan fingerprint density at radius 2 is 0.800 bits per heavy atom. The number of rotatable bonds is 9. The van der Waals surface area contributed by atoms with E-state index in [4.69, 9.17) is 0 Å². The topological polar surface area (TPSA) is 178 Å². The van der Waals surface area contributed by atoms with Gasteiger partial charge in [0, 0.05) is 0 Å². The lowest BCUT2D eigenvalue weighted by atomic mass is 10.1. The maximum atomic E-state index is 12.9. The number of ketones is 3. The largest absolute Gasteiger partial charge is 0.364 e. The van der Waals surface area contributed by atoms with Crippen LogP contribution in [0.25, 0.3) is 0 Å². The van der Waals surface area contributed by atoms with Crippen LogP contribution < -0.4 is 17.1 Å². The molecule has 0 fully saturated rings. The second-order valence-electron chi connectivity index (χ2n) is 6.62. The Bertz CT molecular complexity index is 970. The lowest BCUT2D eigenvalue weighted by Crippen LogP contribution is -2.68. The minimum absolute atomic E-state index is 0.214. The van der Waals surface area contributed by atoms with Crippen LogP contribution in [0, 0.1) is 0 Å². The highest BCUT2D eigenvalue weighted by Crippen LogP contribution is 2.15. The van der Waals surface area contributed by atoms with Gasteiger partial charge in [0.2, 0.25) is 34.5 Å². The fourth-order valence-electron chi connectivity index (χ4n) is 2.57. The standard InChI is InChI=1S/C18H21N3O9/c1-7-10(22)16(4,28)19-13(25)20(17(5,29)11(23)8-2)15(27)21(14(19)26)18(6,30)12(24)9-3/h7-9,28-30H,1-3H2,4-6H3. The maximum Gasteiger partial charge on any atom is 0.341 e. The van der Waals surface area contributed by atoms with Gasteiger partial charge in [0.05, 0.1) is 0 Å². The van der Waals surface area contributed by atoms with E-state index in [0.29, 0.717) is 39.0 Å². The molecule has 0 saturated carbocycles. The van der Waals surface area contributed by atoms with Crippen molar-refractivity contribution in [3.63, 3.8) is 0 Å². The van der Waals surface area contributed by atoms with Crippen molar-refractivity contribution in [2.24, 2.45) is 0 Å². The molecule has 0 radical (unpaired) electrons. The second kappa shape index (κ2) is 7.74. The minimum Gasteiger partial charge on any atom is -0.364 e. The second-order valence-corrected chi connectivity index (χ2v) is 6.62. The van der Waals surface area contributed by atoms with Crippen molar-refractivity contribution in [1.29, 1.82) is 0 Å². The Kier molecular flexibility index (Phi) is 6.34. The summed E-state index contributed by atoms with van der Waals surface area (Å²) in [6.45, 7) is 11.4. The molecule has 0 bridgehead atoms. The predicted octanol–water partition coefficient (Wildman–Crippen LogP) is -2.57. The normalized spacial score (nSPS) is 17.0. The first-order valence-corrected chi connectivity index (χ1v) is 8.25. The van der Waals surface area contributed by atoms with Crippen molar-refractivity contribution in [2.45, 2.75) is 37.9 Å². The highest BCUT2D eigenvalue weighted by molar-refractivity contribution is 5.95. The van der Waals surface area contributed by atoms with E-state index in [1.807, 2.05) is 0 Å². The van der Waals surface area contributed by atoms with Crippen molar-refractivity contribution in [2.75, 3.05) is 0 Å². The molecule has 0 spiro atoms. The Hall–Kier alpha value is -3.48. The summed E-state index contributed by atoms with van der Waals surface area (Å²) in [6.07, 6.45) is 1.68. The summed E-state index contributed by atoms with van der Waals surface area (Å²) in [5, 5.41) is 31.6. The van der Waals surface area contributed by atoms with Crippen LogP contribution in [0.15, 0.2) is 52.3 Å². The zero-order valence-corrected chi connectivity index (χ0v) is 16.5. The van der Waals surface area contributed by atoms with Gasteiger partial charge in [-0.1, -0.05) is 19.7 Å². The molecule has 3 unspecified atom stereocenters. The smallest absolute Gasteiger partial charge is 0.341 e. The first-order valence-electron chi connectivity index (χ1n) is 8.25. The van der Waals surface area contributed by atoms with Crippen LogP contribution in [-0.4, -0.2) is 46.4 Å². The molecule has 1 rings (SSSR count). The van der Waals surface area contributed by atoms with Crippen LogP contribution in [0.2, 0.25) is 0 Å². The average Bonchev–Trinajstić information content (AvgIpc) is 2.64. The van der Waals surface area contributed by atoms with Crippen molar-refractivity contribution in [1.82, 2.24) is 13.7 Å². The number of hydrogen-bond donors (Lipinski definition) is 3. The first-order chi connectivity index (χ1) is 13.5. The third kappa shape index (κ3) is 3.47. The van der Waals surface area contributed by atoms with Crippen LogP contribution in [0.3, 0.4) is 0 Å². The fraction of sp³-hybridized carbons (Fsp3) is 0.333. The summed E-state index contributed by atoms with van der Waals surface area (Å²) in [6, 6.07) is 0. The van der Waals surface area contributed by atoms with E-state index in [1.54, 1.807) is 0 Å². The lowest BCUT2D eigenvalue weighted by Gasteiger charge is -2.31. The number of hydrogen-bond acceptors (Lipinski definition) is 9. The molecule has 0 aliphatic rings. The third-order valence-corrected chi connectivity index (χ3v) is 4.41. The highest BCUT2D eigenvalue weighted by atomic mass is 16.3. The van der Waals surface area contributed by atoms with Crippen LogP contribution in [-0.2, 0) is 31.6 Å². The van der Waals surface area contributed by atoms with Crippen LogP contribution >= 0.6 is 0 Å². The summed E-state index contributed by atoms with van der Waals surface area (Å²) >= 11 is 0. The molecule has 1 aromatic heterocycles. The van der Waals surface area contributed by atoms with Crippen molar-refractivity contribution in [3.8, 4) is 0 Å². The molecule has 0 amide bonds. The van der Waals surface area contributed by atoms with Crippen LogP contribution in [0.5, 0.6) is 0 Å². The minimum atomic E-state index is -2.98. The van der Waals surface area contributed by atoms with Gasteiger partial charge in [-0.2, -0.15) is 0 Å². The van der Waals surface area contributed by atoms with E-state index in [-0.39, 0.29) is 13.7 Å². The molecule has 3 atom stereocenters. The van der Waals surface area contributed by atoms with Gasteiger partial charge in [0.1, 0.15) is 0 Å². The van der Waals surface area contributed by atoms with Crippen molar-refractivity contribution in [3.05, 3.63) is 69.4 Å². The van der Waals surface area contributed by atoms with Gasteiger partial charge in [-0.05, 0) is 39.0 Å². The van der Waals surface area contributed by atoms with E-state index in [0.717, 1.165) is 0 Å². The van der Waals surface area contributed by atoms with Gasteiger partial charge < -0.3 is 15.3 Å². The molecule has 1 heterocycles. The summed E-state index contributed by atoms with van der Waals surface area (Å²) in [7, 11) is 0. The Morgan fingerprint density at radius 3 is 0.933 bits per heavy atom. The third-order valence-electron chi connectivity index (χ3n) is 4.41. The lowest BCUT2D eigenvalue weighted by molar-refractivity contribution is -0.149. The molecule has 0 aliphatic carbocycles. The Balaban J connectivity index is 4.47. The van der Waals surface area contributed by atoms with Gasteiger partial charge in [0.15, 0.2) is 0 Å². The molecular weight excluding hydrogens is 402 g/mol. The van der Waals surface area contributed by atoms with E-state index in [2.05, 4.69) is 19.7 Å². The molecule has 0 saturated heterocycles. The van der Waals surface area contributed by atoms with Crippen molar-refractivity contribution >= 4 is 17.3 Å². The number of aromatic nitrogens is 3. The summed E-state index contributed by atoms with van der Waals surface area (Å²) in [5.41, 5.74) is -14.3. The Labute approximate surface area is 168 Å². The van der Waals surface area contributed by atoms with E-state index in [1.165, 1.54) is 0 Å². The van der Waals surface area contributed by atoms with Gasteiger partial charge in [0.25, 0.3) is 0 Å². The zero-order chi connectivity index (χ0) is 23.8. The molecular formula is C18H21N3O9. The number of aliphatic hydroxyl groups is 3. The molecule has 162 valence electrons. The quantitative estimate of drug-likeness (QED) is 0.360. The van der Waals surface area contributed by atoms with Crippen LogP contribution in [0.1, 0.15) is 20.8 Å². The summed E-state index contributed by atoms with van der Waals surface area (Å²) in [5.74, 6) is -3.87. The fourth-order valence-corrected chi connectivity index (χ4v) is 2.57. The molecule has 1 aromatic rings. The highest BCUT2D eigenvalue weighted by Gasteiger charge is 2.44. The van der Waals surface area contributed by atoms with E-state index >= 15 is 0 Å². The van der Waals surface area contributed by atoms with E-state index in [9.17, 15) is 44.1 Å². The van der Waals surface area contributed by atoms with Crippen LogP contribution in [0.4, 0.5) is 0 Å². The summed E-state index contributed by atoms with van der Waals surface area (Å²) in [4.78, 5) is 74.9. The predicted molar refractivity (Wildman–Crippen MR) is 102 cm³/mol. The molecule has 3 N–H and O–H groups in total. The van der Waals surface area contributed by atoms with E-state index < -0.39 is 51.6 Å². The zero-order valence-electron chi connectivity index (χ0n) is 16.5. The number of nitrogens with zero attached hydrogens (tertiary/aromatic N) is 3. The van der Waals surface area contributed by atoms with Gasteiger partial charge in [-0.3, -0.25) is 14.4 Å². The Morgan fingerprint density at radius 1 is 0.633 bits per heavy atom. The SMILES string of the molecule is C=CC(=O)C(C)(O)n1c(=O)n(C(C)(O)C(=O)C=C)c(=O)n(C(C)(O)C(=O)C=C)c1=O. The molecule has 12 nitrogen and oxygen atoms in total. The summed E-state index contributed by atoms with van der Waals surface area (Å²) < 4.78 is -0.643. The van der Waals surface area contributed by atoms with Gasteiger partial charge in [-0.15, -0.1) is 0 Å². The maximum absolute atomic E-state index is 12.9. The molecule has 0 aliphatic heterocycles. The molecule has 0 aromatic carbocycles. The van der Waals surface area contributed by atoms with Gasteiger partial charge in [-0.25, -0.2) is 28.1 Å². The van der Waals surface area contributed by atoms with Gasteiger partial charge >= 0.3 is 17.1 Å². The molecule has 30 heavy (non-hydrogen) atoms. The molecule has 12 heteroatoms. The van der Waals surface area contributed by atoms with Crippen molar-refractivity contribution < 1.29 is 29.7 Å². The number of carbonyl (C=O) groups excluding carboxylic acids is 3.